The Balaban J connectivity index is 2.87. The molecule has 1 unspecified atom stereocenters. The molecule has 84 valence electrons. The zero-order valence-electron chi connectivity index (χ0n) is 9.67. The number of methoxy groups -OCH3 is 1. The summed E-state index contributed by atoms with van der Waals surface area (Å²) >= 11 is 3.46. The highest BCUT2D eigenvalue weighted by Crippen LogP contribution is 2.29. The number of hydrogen-bond donors (Lipinski definition) is 1. The van der Waals surface area contributed by atoms with E-state index in [1.807, 2.05) is 18.2 Å². The standard InChI is InChI=1S/C12H18BrNO/c1-8(2)9(3)14-11-7-10(13)5-6-12(11)15-4/h5-9,14H,1-4H3. The number of rotatable bonds is 4. The summed E-state index contributed by atoms with van der Waals surface area (Å²) in [4.78, 5) is 0. The summed E-state index contributed by atoms with van der Waals surface area (Å²) in [6, 6.07) is 6.40. The molecule has 0 aromatic heterocycles. The molecule has 0 amide bonds. The molecule has 1 aromatic carbocycles. The van der Waals surface area contributed by atoms with Crippen molar-refractivity contribution in [3.8, 4) is 5.75 Å². The van der Waals surface area contributed by atoms with Crippen LogP contribution in [-0.2, 0) is 0 Å². The maximum absolute atomic E-state index is 5.30. The van der Waals surface area contributed by atoms with E-state index < -0.39 is 0 Å². The van der Waals surface area contributed by atoms with Gasteiger partial charge in [0.1, 0.15) is 5.75 Å². The average Bonchev–Trinajstić information content (AvgIpc) is 2.18. The third kappa shape index (κ3) is 3.42. The molecule has 0 aliphatic heterocycles. The van der Waals surface area contributed by atoms with Gasteiger partial charge >= 0.3 is 0 Å². The van der Waals surface area contributed by atoms with Gasteiger partial charge in [0, 0.05) is 10.5 Å². The molecule has 2 nitrogen and oxygen atoms in total. The van der Waals surface area contributed by atoms with E-state index in [4.69, 9.17) is 4.74 Å². The first kappa shape index (κ1) is 12.4. The molecule has 0 heterocycles. The molecule has 0 fully saturated rings. The molecule has 0 aliphatic rings. The highest BCUT2D eigenvalue weighted by molar-refractivity contribution is 9.10. The van der Waals surface area contributed by atoms with Gasteiger partial charge in [-0.1, -0.05) is 29.8 Å². The summed E-state index contributed by atoms with van der Waals surface area (Å²) in [5.41, 5.74) is 1.04. The molecule has 0 radical (unpaired) electrons. The van der Waals surface area contributed by atoms with Crippen molar-refractivity contribution in [2.45, 2.75) is 26.8 Å². The molecular weight excluding hydrogens is 254 g/mol. The van der Waals surface area contributed by atoms with Crippen molar-refractivity contribution >= 4 is 21.6 Å². The second kappa shape index (κ2) is 5.40. The summed E-state index contributed by atoms with van der Waals surface area (Å²) in [7, 11) is 1.69. The third-order valence-corrected chi connectivity index (χ3v) is 3.04. The minimum absolute atomic E-state index is 0.424. The number of ether oxygens (including phenoxy) is 1. The van der Waals surface area contributed by atoms with Crippen LogP contribution in [0, 0.1) is 5.92 Å². The summed E-state index contributed by atoms with van der Waals surface area (Å²) in [5.74, 6) is 1.47. The minimum atomic E-state index is 0.424. The van der Waals surface area contributed by atoms with Crippen LogP contribution in [-0.4, -0.2) is 13.2 Å². The monoisotopic (exact) mass is 271 g/mol. The first-order chi connectivity index (χ1) is 7.04. The highest BCUT2D eigenvalue weighted by Gasteiger charge is 2.10. The fourth-order valence-corrected chi connectivity index (χ4v) is 1.57. The Labute approximate surface area is 100 Å². The molecule has 0 bridgehead atoms. The predicted molar refractivity (Wildman–Crippen MR) is 68.6 cm³/mol. The second-order valence-corrected chi connectivity index (χ2v) is 4.94. The molecule has 15 heavy (non-hydrogen) atoms. The van der Waals surface area contributed by atoms with Crippen molar-refractivity contribution in [3.63, 3.8) is 0 Å². The molecule has 0 saturated carbocycles. The van der Waals surface area contributed by atoms with Gasteiger partial charge in [0.15, 0.2) is 0 Å². The molecule has 1 N–H and O–H groups in total. The van der Waals surface area contributed by atoms with Gasteiger partial charge in [-0.3, -0.25) is 0 Å². The number of hydrogen-bond acceptors (Lipinski definition) is 2. The number of anilines is 1. The van der Waals surface area contributed by atoms with Crippen LogP contribution < -0.4 is 10.1 Å². The zero-order valence-corrected chi connectivity index (χ0v) is 11.3. The van der Waals surface area contributed by atoms with E-state index in [9.17, 15) is 0 Å². The Bertz CT molecular complexity index is 325. The van der Waals surface area contributed by atoms with Crippen molar-refractivity contribution in [3.05, 3.63) is 22.7 Å². The molecule has 1 atom stereocenters. The van der Waals surface area contributed by atoms with E-state index in [1.165, 1.54) is 0 Å². The lowest BCUT2D eigenvalue weighted by molar-refractivity contribution is 0.415. The van der Waals surface area contributed by atoms with Gasteiger partial charge in [-0.15, -0.1) is 0 Å². The highest BCUT2D eigenvalue weighted by atomic mass is 79.9. The zero-order chi connectivity index (χ0) is 11.4. The Morgan fingerprint density at radius 2 is 1.93 bits per heavy atom. The van der Waals surface area contributed by atoms with Gasteiger partial charge in [0.2, 0.25) is 0 Å². The lowest BCUT2D eigenvalue weighted by atomic mass is 10.1. The SMILES string of the molecule is COc1ccc(Br)cc1NC(C)C(C)C. The molecule has 0 spiro atoms. The Kier molecular flexibility index (Phi) is 4.45. The maximum atomic E-state index is 5.30. The van der Waals surface area contributed by atoms with E-state index in [0.29, 0.717) is 12.0 Å². The summed E-state index contributed by atoms with van der Waals surface area (Å²) < 4.78 is 6.35. The summed E-state index contributed by atoms with van der Waals surface area (Å²) in [6.45, 7) is 6.56. The van der Waals surface area contributed by atoms with Crippen molar-refractivity contribution < 1.29 is 4.74 Å². The molecule has 0 saturated heterocycles. The lowest BCUT2D eigenvalue weighted by Crippen LogP contribution is -2.21. The Morgan fingerprint density at radius 3 is 2.47 bits per heavy atom. The van der Waals surface area contributed by atoms with E-state index in [0.717, 1.165) is 15.9 Å². The number of nitrogens with one attached hydrogen (secondary N) is 1. The van der Waals surface area contributed by atoms with Gasteiger partial charge < -0.3 is 10.1 Å². The Morgan fingerprint density at radius 1 is 1.27 bits per heavy atom. The fourth-order valence-electron chi connectivity index (χ4n) is 1.20. The number of halogens is 1. The predicted octanol–water partition coefficient (Wildman–Crippen LogP) is 3.91. The van der Waals surface area contributed by atoms with Crippen molar-refractivity contribution in [1.82, 2.24) is 0 Å². The van der Waals surface area contributed by atoms with Gasteiger partial charge in [-0.2, -0.15) is 0 Å². The second-order valence-electron chi connectivity index (χ2n) is 4.02. The van der Waals surface area contributed by atoms with Crippen LogP contribution in [0.15, 0.2) is 22.7 Å². The third-order valence-electron chi connectivity index (χ3n) is 2.54. The van der Waals surface area contributed by atoms with Gasteiger partial charge in [0.05, 0.1) is 12.8 Å². The van der Waals surface area contributed by atoms with Crippen LogP contribution in [0.5, 0.6) is 5.75 Å². The molecule has 3 heteroatoms. The normalized spacial score (nSPS) is 12.7. The van der Waals surface area contributed by atoms with Crippen molar-refractivity contribution in [2.24, 2.45) is 5.92 Å². The Hall–Kier alpha value is -0.700. The summed E-state index contributed by atoms with van der Waals surface area (Å²) in [5, 5.41) is 3.45. The first-order valence-corrected chi connectivity index (χ1v) is 5.94. The maximum Gasteiger partial charge on any atom is 0.142 e. The van der Waals surface area contributed by atoms with Gasteiger partial charge in [-0.25, -0.2) is 0 Å². The fraction of sp³-hybridized carbons (Fsp3) is 0.500. The smallest absolute Gasteiger partial charge is 0.142 e. The van der Waals surface area contributed by atoms with Gasteiger partial charge in [-0.05, 0) is 31.0 Å². The van der Waals surface area contributed by atoms with E-state index in [1.54, 1.807) is 7.11 Å². The average molecular weight is 272 g/mol. The van der Waals surface area contributed by atoms with Crippen LogP contribution in [0.2, 0.25) is 0 Å². The quantitative estimate of drug-likeness (QED) is 0.897. The van der Waals surface area contributed by atoms with E-state index in [2.05, 4.69) is 42.0 Å². The molecule has 0 aliphatic carbocycles. The van der Waals surface area contributed by atoms with Crippen LogP contribution in [0.1, 0.15) is 20.8 Å². The summed E-state index contributed by atoms with van der Waals surface area (Å²) in [6.07, 6.45) is 0. The number of benzene rings is 1. The minimum Gasteiger partial charge on any atom is -0.495 e. The lowest BCUT2D eigenvalue weighted by Gasteiger charge is -2.20. The van der Waals surface area contributed by atoms with E-state index >= 15 is 0 Å². The first-order valence-electron chi connectivity index (χ1n) is 5.14. The molecule has 1 aromatic rings. The van der Waals surface area contributed by atoms with Crippen molar-refractivity contribution in [2.75, 3.05) is 12.4 Å². The largest absolute Gasteiger partial charge is 0.495 e. The van der Waals surface area contributed by atoms with Gasteiger partial charge in [0.25, 0.3) is 0 Å². The van der Waals surface area contributed by atoms with Crippen LogP contribution >= 0.6 is 15.9 Å². The van der Waals surface area contributed by atoms with Crippen molar-refractivity contribution in [1.29, 1.82) is 0 Å². The molecule has 1 rings (SSSR count). The molecular formula is C12H18BrNO. The van der Waals surface area contributed by atoms with E-state index in [-0.39, 0.29) is 0 Å². The van der Waals surface area contributed by atoms with Crippen LogP contribution in [0.25, 0.3) is 0 Å². The topological polar surface area (TPSA) is 21.3 Å². The van der Waals surface area contributed by atoms with Crippen LogP contribution in [0.3, 0.4) is 0 Å². The van der Waals surface area contributed by atoms with Crippen LogP contribution in [0.4, 0.5) is 5.69 Å².